The first kappa shape index (κ1) is 29.1. The molecular weight excluding hydrogens is 400 g/mol. The van der Waals surface area contributed by atoms with Gasteiger partial charge in [0.25, 0.3) is 0 Å². The smallest absolute Gasteiger partial charge is 0.517 e. The van der Waals surface area contributed by atoms with Crippen LogP contribution in [0.4, 0.5) is 0 Å². The second-order valence-corrected chi connectivity index (χ2v) is 8.87. The van der Waals surface area contributed by atoms with Crippen molar-refractivity contribution < 1.29 is 27.4 Å². The molecule has 0 bridgehead atoms. The van der Waals surface area contributed by atoms with Crippen molar-refractivity contribution in [3.8, 4) is 0 Å². The van der Waals surface area contributed by atoms with Gasteiger partial charge < -0.3 is 22.6 Å². The van der Waals surface area contributed by atoms with Crippen LogP contribution in [0.3, 0.4) is 0 Å². The van der Waals surface area contributed by atoms with Crippen LogP contribution in [0.15, 0.2) is 4.99 Å². The second-order valence-electron chi connectivity index (χ2n) is 8.87. The zero-order valence-corrected chi connectivity index (χ0v) is 20.1. The van der Waals surface area contributed by atoms with E-state index in [2.05, 4.69) is 18.3 Å². The number of aliphatic carboxylic acids is 1. The molecule has 0 aromatic carbocycles. The first-order valence-electron chi connectivity index (χ1n) is 12.1. The van der Waals surface area contributed by atoms with Crippen molar-refractivity contribution in [2.24, 2.45) is 16.8 Å². The van der Waals surface area contributed by atoms with Crippen molar-refractivity contribution in [3.63, 3.8) is 0 Å². The van der Waals surface area contributed by atoms with E-state index >= 15 is 0 Å². The zero-order valence-electron chi connectivity index (χ0n) is 19.3. The number of rotatable bonds is 19. The highest BCUT2D eigenvalue weighted by atomic mass is 35.5. The third-order valence-electron chi connectivity index (χ3n) is 6.18. The number of nitrogens with zero attached hydrogens (tertiary/aromatic N) is 2. The van der Waals surface area contributed by atoms with E-state index < -0.39 is 18.0 Å². The summed E-state index contributed by atoms with van der Waals surface area (Å²) in [6.45, 7) is 5.93. The summed E-state index contributed by atoms with van der Waals surface area (Å²) in [5.41, 5.74) is 0. The molecule has 0 radical (unpaired) electrons. The molecule has 2 N–H and O–H groups in total. The van der Waals surface area contributed by atoms with E-state index in [9.17, 15) is 15.0 Å². The number of aliphatic hydroxyl groups is 1. The number of hydrogen-bond acceptors (Lipinski definition) is 4. The van der Waals surface area contributed by atoms with Crippen LogP contribution in [0.2, 0.25) is 0 Å². The molecule has 6 heteroatoms. The molecule has 0 aliphatic carbocycles. The molecule has 0 saturated carbocycles. The minimum Gasteiger partial charge on any atom is -1.00 e. The van der Waals surface area contributed by atoms with Crippen molar-refractivity contribution in [3.05, 3.63) is 0 Å². The maximum atomic E-state index is 11.7. The molecule has 1 heterocycles. The van der Waals surface area contributed by atoms with Crippen molar-refractivity contribution >= 4 is 12.3 Å². The molecule has 1 aliphatic rings. The Hall–Kier alpha value is -0.900. The van der Waals surface area contributed by atoms with Crippen molar-refractivity contribution in [2.45, 2.75) is 110 Å². The lowest BCUT2D eigenvalue weighted by Gasteiger charge is -2.25. The maximum Gasteiger partial charge on any atom is 0.517 e. The first-order valence-corrected chi connectivity index (χ1v) is 12.1. The Bertz CT molecular complexity index is 448. The van der Waals surface area contributed by atoms with E-state index in [1.54, 1.807) is 4.90 Å². The Morgan fingerprint density at radius 2 is 1.47 bits per heavy atom. The number of carbonyl (C=O) groups is 1. The first-order chi connectivity index (χ1) is 14.1. The fourth-order valence-corrected chi connectivity index (χ4v) is 4.29. The lowest BCUT2D eigenvalue weighted by atomic mass is 9.85. The van der Waals surface area contributed by atoms with E-state index in [0.29, 0.717) is 13.1 Å². The van der Waals surface area contributed by atoms with Crippen molar-refractivity contribution in [2.75, 3.05) is 19.6 Å². The Labute approximate surface area is 191 Å². The molecule has 3 unspecified atom stereocenters. The van der Waals surface area contributed by atoms with E-state index in [4.69, 9.17) is 0 Å². The molecule has 1 rings (SSSR count). The van der Waals surface area contributed by atoms with Gasteiger partial charge in [-0.2, -0.15) is 0 Å². The summed E-state index contributed by atoms with van der Waals surface area (Å²) in [6, 6.07) is 0. The summed E-state index contributed by atoms with van der Waals surface area (Å²) in [4.78, 5) is 17.5. The molecule has 0 amide bonds. The van der Waals surface area contributed by atoms with Gasteiger partial charge in [0.1, 0.15) is 6.54 Å². The van der Waals surface area contributed by atoms with Crippen LogP contribution in [0.1, 0.15) is 104 Å². The number of carboxylic acid groups (broad SMARTS) is 1. The van der Waals surface area contributed by atoms with Gasteiger partial charge in [-0.1, -0.05) is 97.3 Å². The normalized spacial score (nSPS) is 16.0. The van der Waals surface area contributed by atoms with E-state index in [1.807, 2.05) is 6.92 Å². The monoisotopic (exact) mass is 444 g/mol. The third-order valence-corrected chi connectivity index (χ3v) is 6.18. The summed E-state index contributed by atoms with van der Waals surface area (Å²) >= 11 is 0. The van der Waals surface area contributed by atoms with Crippen LogP contribution >= 0.6 is 0 Å². The quantitative estimate of drug-likeness (QED) is 0.237. The third kappa shape index (κ3) is 13.4. The van der Waals surface area contributed by atoms with Crippen molar-refractivity contribution in [1.82, 2.24) is 4.90 Å². The van der Waals surface area contributed by atoms with Crippen LogP contribution in [0.5, 0.6) is 0 Å². The lowest BCUT2D eigenvalue weighted by Crippen LogP contribution is -3.00. The molecule has 0 spiro atoms. The summed E-state index contributed by atoms with van der Waals surface area (Å²) in [5.74, 6) is -1.62. The van der Waals surface area contributed by atoms with Gasteiger partial charge in [-0.3, -0.25) is 4.79 Å². The van der Waals surface area contributed by atoms with Crippen LogP contribution in [0, 0.1) is 11.8 Å². The highest BCUT2D eigenvalue weighted by Crippen LogP contribution is 2.24. The highest BCUT2D eigenvalue weighted by molar-refractivity contribution is 5.71. The summed E-state index contributed by atoms with van der Waals surface area (Å²) in [6.07, 6.45) is 19.9. The largest absolute Gasteiger partial charge is 1.00 e. The Balaban J connectivity index is 0.00000841. The molecule has 0 fully saturated rings. The number of aliphatic imine (C=N–C) groups is 1. The summed E-state index contributed by atoms with van der Waals surface area (Å²) in [5, 5.41) is 20.0. The SMILES string of the molecule is CCCCCCCCCCCCCCCC(C)C(C(=O)O)C(O)CN1[C+]=NCC1.[Cl-]. The Morgan fingerprint density at radius 1 is 0.967 bits per heavy atom. The van der Waals surface area contributed by atoms with E-state index in [-0.39, 0.29) is 18.3 Å². The average Bonchev–Trinajstić information content (AvgIpc) is 3.18. The van der Waals surface area contributed by atoms with Gasteiger partial charge in [0.05, 0.1) is 25.1 Å². The molecule has 176 valence electrons. The number of carboxylic acids is 1. The molecule has 0 saturated heterocycles. The summed E-state index contributed by atoms with van der Waals surface area (Å²) in [7, 11) is 0. The molecule has 0 aromatic heterocycles. The van der Waals surface area contributed by atoms with Crippen LogP contribution in [-0.4, -0.2) is 53.2 Å². The van der Waals surface area contributed by atoms with Gasteiger partial charge in [0, 0.05) is 0 Å². The fourth-order valence-electron chi connectivity index (χ4n) is 4.29. The minimum atomic E-state index is -0.893. The zero-order chi connectivity index (χ0) is 21.3. The van der Waals surface area contributed by atoms with Gasteiger partial charge in [-0.25, -0.2) is 0 Å². The van der Waals surface area contributed by atoms with Gasteiger partial charge in [0.2, 0.25) is 0 Å². The maximum absolute atomic E-state index is 11.7. The minimum absolute atomic E-state index is 0. The number of halogens is 1. The Morgan fingerprint density at radius 3 is 1.90 bits per heavy atom. The molecular formula is C24H45ClN2O3. The van der Waals surface area contributed by atoms with Gasteiger partial charge in [-0.05, 0) is 17.3 Å². The predicted molar refractivity (Wildman–Crippen MR) is 120 cm³/mol. The highest BCUT2D eigenvalue weighted by Gasteiger charge is 2.35. The second kappa shape index (κ2) is 18.8. The van der Waals surface area contributed by atoms with Gasteiger partial charge in [0.15, 0.2) is 0 Å². The number of unbranched alkanes of at least 4 members (excludes halogenated alkanes) is 12. The topological polar surface area (TPSA) is 73.1 Å². The molecule has 3 atom stereocenters. The molecule has 0 aromatic rings. The van der Waals surface area contributed by atoms with Gasteiger partial charge in [-0.15, -0.1) is 4.90 Å². The predicted octanol–water partition coefficient (Wildman–Crippen LogP) is 2.39. The van der Waals surface area contributed by atoms with Gasteiger partial charge >= 0.3 is 12.3 Å². The summed E-state index contributed by atoms with van der Waals surface area (Å²) < 4.78 is 0. The number of hydrogen-bond donors (Lipinski definition) is 2. The van der Waals surface area contributed by atoms with Crippen LogP contribution in [0.25, 0.3) is 0 Å². The fraction of sp³-hybridized carbons (Fsp3) is 0.917. The number of aliphatic hydroxyl groups excluding tert-OH is 1. The molecule has 1 aliphatic heterocycles. The standard InChI is InChI=1S/C24H44N2O3.ClH/c1-3-4-5-6-7-8-9-10-11-12-13-14-15-16-21(2)23(24(28)29)22(27)19-26-18-17-25-20-26;/h21-23,27H,3-19H2,1-2H3;1H. The Kier molecular flexibility index (Phi) is 18.3. The molecule has 30 heavy (non-hydrogen) atoms. The number of β-amino-alcohol motifs (C(OH)–C–C–N with tert-alkyl or cyclic N) is 1. The van der Waals surface area contributed by atoms with Crippen LogP contribution in [-0.2, 0) is 4.79 Å². The van der Waals surface area contributed by atoms with E-state index in [1.165, 1.54) is 70.6 Å². The van der Waals surface area contributed by atoms with E-state index in [0.717, 1.165) is 25.8 Å². The average molecular weight is 445 g/mol. The lowest BCUT2D eigenvalue weighted by molar-refractivity contribution is -0.148. The van der Waals surface area contributed by atoms with Crippen LogP contribution < -0.4 is 12.4 Å². The molecule has 5 nitrogen and oxygen atoms in total. The van der Waals surface area contributed by atoms with Crippen molar-refractivity contribution in [1.29, 1.82) is 0 Å².